The van der Waals surface area contributed by atoms with Crippen LogP contribution in [0.2, 0.25) is 0 Å². The van der Waals surface area contributed by atoms with Crippen molar-refractivity contribution in [2.24, 2.45) is 4.99 Å². The number of aromatic nitrogens is 1. The first-order valence-corrected chi connectivity index (χ1v) is 9.54. The topological polar surface area (TPSA) is 48.8 Å². The standard InChI is InChI=1S/C20H20N4OS/c25-19-18(14-17-8-4-5-9-21-17)26-20(22-19)24-12-10-23(11-13-24)15-16-6-2-1-3-7-16/h1-9,14H,10-13,15H2/b18-14-. The Balaban J connectivity index is 1.34. The van der Waals surface area contributed by atoms with Crippen molar-refractivity contribution < 1.29 is 4.79 Å². The van der Waals surface area contributed by atoms with Gasteiger partial charge in [-0.1, -0.05) is 36.4 Å². The number of thioether (sulfide) groups is 1. The highest BCUT2D eigenvalue weighted by Crippen LogP contribution is 2.30. The third-order valence-corrected chi connectivity index (χ3v) is 5.51. The maximum Gasteiger partial charge on any atom is 0.286 e. The second-order valence-electron chi connectivity index (χ2n) is 6.31. The molecular weight excluding hydrogens is 344 g/mol. The zero-order valence-corrected chi connectivity index (χ0v) is 15.2. The van der Waals surface area contributed by atoms with Gasteiger partial charge < -0.3 is 4.90 Å². The van der Waals surface area contributed by atoms with Gasteiger partial charge in [0.1, 0.15) is 0 Å². The lowest BCUT2D eigenvalue weighted by Gasteiger charge is -2.35. The van der Waals surface area contributed by atoms with Gasteiger partial charge in [0.2, 0.25) is 0 Å². The molecule has 26 heavy (non-hydrogen) atoms. The second kappa shape index (κ2) is 7.85. The number of nitrogens with zero attached hydrogens (tertiary/aromatic N) is 4. The van der Waals surface area contributed by atoms with E-state index in [2.05, 4.69) is 44.0 Å². The summed E-state index contributed by atoms with van der Waals surface area (Å²) in [4.78, 5) is 26.0. The van der Waals surface area contributed by atoms with Crippen LogP contribution in [0.1, 0.15) is 11.3 Å². The molecule has 2 aromatic rings. The number of benzene rings is 1. The summed E-state index contributed by atoms with van der Waals surface area (Å²) in [6.45, 7) is 4.70. The highest BCUT2D eigenvalue weighted by Gasteiger charge is 2.28. The van der Waals surface area contributed by atoms with Gasteiger partial charge in [0, 0.05) is 38.9 Å². The molecule has 0 saturated carbocycles. The SMILES string of the molecule is O=C1N=C(N2CCN(Cc3ccccc3)CC2)S/C1=C\c1ccccn1. The molecule has 0 radical (unpaired) electrons. The van der Waals surface area contributed by atoms with Crippen molar-refractivity contribution in [1.82, 2.24) is 14.8 Å². The molecule has 1 fully saturated rings. The zero-order chi connectivity index (χ0) is 17.8. The highest BCUT2D eigenvalue weighted by molar-refractivity contribution is 8.18. The van der Waals surface area contributed by atoms with E-state index in [4.69, 9.17) is 0 Å². The van der Waals surface area contributed by atoms with Crippen molar-refractivity contribution in [2.75, 3.05) is 26.2 Å². The molecule has 2 aliphatic rings. The number of carbonyl (C=O) groups is 1. The third kappa shape index (κ3) is 4.03. The van der Waals surface area contributed by atoms with Gasteiger partial charge in [-0.3, -0.25) is 14.7 Å². The number of amides is 1. The van der Waals surface area contributed by atoms with Crippen LogP contribution in [0.25, 0.3) is 6.08 Å². The van der Waals surface area contributed by atoms with Crippen LogP contribution in [0.5, 0.6) is 0 Å². The van der Waals surface area contributed by atoms with E-state index in [0.717, 1.165) is 43.6 Å². The molecule has 4 rings (SSSR count). The summed E-state index contributed by atoms with van der Waals surface area (Å²) in [6, 6.07) is 16.2. The van der Waals surface area contributed by atoms with Crippen molar-refractivity contribution in [1.29, 1.82) is 0 Å². The van der Waals surface area contributed by atoms with Crippen molar-refractivity contribution in [3.8, 4) is 0 Å². The van der Waals surface area contributed by atoms with Gasteiger partial charge in [0.25, 0.3) is 5.91 Å². The van der Waals surface area contributed by atoms with E-state index < -0.39 is 0 Å². The summed E-state index contributed by atoms with van der Waals surface area (Å²) in [6.07, 6.45) is 3.54. The van der Waals surface area contributed by atoms with Gasteiger partial charge in [0.05, 0.1) is 10.6 Å². The van der Waals surface area contributed by atoms with Crippen LogP contribution in [-0.2, 0) is 11.3 Å². The monoisotopic (exact) mass is 364 g/mol. The van der Waals surface area contributed by atoms with Gasteiger partial charge in [0.15, 0.2) is 5.17 Å². The lowest BCUT2D eigenvalue weighted by atomic mass is 10.2. The maximum atomic E-state index is 12.2. The Bertz CT molecular complexity index is 827. The molecule has 132 valence electrons. The van der Waals surface area contributed by atoms with Gasteiger partial charge in [-0.25, -0.2) is 0 Å². The van der Waals surface area contributed by atoms with Crippen LogP contribution in [0.3, 0.4) is 0 Å². The van der Waals surface area contributed by atoms with Gasteiger partial charge in [-0.05, 0) is 35.5 Å². The molecule has 0 bridgehead atoms. The maximum absolute atomic E-state index is 12.2. The molecule has 5 nitrogen and oxygen atoms in total. The molecule has 3 heterocycles. The fourth-order valence-corrected chi connectivity index (χ4v) is 4.02. The van der Waals surface area contributed by atoms with Crippen LogP contribution in [0.15, 0.2) is 64.6 Å². The van der Waals surface area contributed by atoms with Gasteiger partial charge in [-0.15, -0.1) is 0 Å². The van der Waals surface area contributed by atoms with Crippen LogP contribution < -0.4 is 0 Å². The van der Waals surface area contributed by atoms with Gasteiger partial charge >= 0.3 is 0 Å². The number of aliphatic imine (C=N–C) groups is 1. The first-order valence-electron chi connectivity index (χ1n) is 8.73. The fourth-order valence-electron chi connectivity index (χ4n) is 3.07. The van der Waals surface area contributed by atoms with Crippen LogP contribution >= 0.6 is 11.8 Å². The van der Waals surface area contributed by atoms with Crippen LogP contribution in [0.4, 0.5) is 0 Å². The lowest BCUT2D eigenvalue weighted by molar-refractivity contribution is -0.113. The molecule has 0 spiro atoms. The second-order valence-corrected chi connectivity index (χ2v) is 7.32. The van der Waals surface area contributed by atoms with E-state index in [1.54, 1.807) is 6.20 Å². The number of hydrogen-bond acceptors (Lipinski definition) is 5. The predicted molar refractivity (Wildman–Crippen MR) is 106 cm³/mol. The molecule has 1 aromatic heterocycles. The molecule has 0 N–H and O–H groups in total. The lowest BCUT2D eigenvalue weighted by Crippen LogP contribution is -2.47. The summed E-state index contributed by atoms with van der Waals surface area (Å²) in [5.74, 6) is -0.164. The smallest absolute Gasteiger partial charge is 0.286 e. The van der Waals surface area contributed by atoms with E-state index in [-0.39, 0.29) is 5.91 Å². The van der Waals surface area contributed by atoms with E-state index >= 15 is 0 Å². The minimum atomic E-state index is -0.164. The minimum absolute atomic E-state index is 0.164. The molecule has 1 saturated heterocycles. The summed E-state index contributed by atoms with van der Waals surface area (Å²) in [7, 11) is 0. The van der Waals surface area contributed by atoms with Crippen LogP contribution in [-0.4, -0.2) is 52.0 Å². The summed E-state index contributed by atoms with van der Waals surface area (Å²) < 4.78 is 0. The summed E-state index contributed by atoms with van der Waals surface area (Å²) in [5.41, 5.74) is 2.12. The average Bonchev–Trinajstić information content (AvgIpc) is 3.04. The quantitative estimate of drug-likeness (QED) is 0.784. The Morgan fingerprint density at radius 1 is 1.00 bits per heavy atom. The number of rotatable bonds is 3. The molecular formula is C20H20N4OS. The highest BCUT2D eigenvalue weighted by atomic mass is 32.2. The number of pyridine rings is 1. The number of piperazine rings is 1. The Kier molecular flexibility index (Phi) is 5.13. The third-order valence-electron chi connectivity index (χ3n) is 4.47. The van der Waals surface area contributed by atoms with Crippen LogP contribution in [0, 0.1) is 0 Å². The molecule has 0 atom stereocenters. The first-order chi connectivity index (χ1) is 12.8. The Hall–Kier alpha value is -2.44. The molecule has 6 heteroatoms. The Labute approximate surface area is 157 Å². The van der Waals surface area contributed by atoms with Crippen molar-refractivity contribution >= 4 is 28.9 Å². The Morgan fingerprint density at radius 3 is 2.50 bits per heavy atom. The largest absolute Gasteiger partial charge is 0.348 e. The van der Waals surface area contributed by atoms with Crippen molar-refractivity contribution in [2.45, 2.75) is 6.54 Å². The minimum Gasteiger partial charge on any atom is -0.348 e. The van der Waals surface area contributed by atoms with E-state index in [1.165, 1.54) is 17.3 Å². The first kappa shape index (κ1) is 17.0. The number of hydrogen-bond donors (Lipinski definition) is 0. The molecule has 1 amide bonds. The zero-order valence-electron chi connectivity index (χ0n) is 14.4. The normalized spacial score (nSPS) is 19.8. The fraction of sp³-hybridized carbons (Fsp3) is 0.250. The summed E-state index contributed by atoms with van der Waals surface area (Å²) >= 11 is 1.45. The van der Waals surface area contributed by atoms with E-state index in [9.17, 15) is 4.79 Å². The van der Waals surface area contributed by atoms with Crippen molar-refractivity contribution in [3.63, 3.8) is 0 Å². The summed E-state index contributed by atoms with van der Waals surface area (Å²) in [5, 5.41) is 0.816. The predicted octanol–water partition coefficient (Wildman–Crippen LogP) is 2.87. The molecule has 1 aromatic carbocycles. The number of amidine groups is 1. The van der Waals surface area contributed by atoms with E-state index in [0.29, 0.717) is 4.91 Å². The number of carbonyl (C=O) groups excluding carboxylic acids is 1. The van der Waals surface area contributed by atoms with Crippen molar-refractivity contribution in [3.05, 3.63) is 70.9 Å². The molecule has 2 aliphatic heterocycles. The molecule has 0 unspecified atom stereocenters. The average molecular weight is 364 g/mol. The Morgan fingerprint density at radius 2 is 1.77 bits per heavy atom. The van der Waals surface area contributed by atoms with Gasteiger partial charge in [-0.2, -0.15) is 4.99 Å². The van der Waals surface area contributed by atoms with E-state index in [1.807, 2.05) is 30.3 Å². The molecule has 0 aliphatic carbocycles.